The minimum absolute atomic E-state index is 0.0649. The average molecular weight is 324 g/mol. The first-order valence-corrected chi connectivity index (χ1v) is 7.93. The molecule has 1 aromatic heterocycles. The highest BCUT2D eigenvalue weighted by molar-refractivity contribution is 5.92. The fraction of sp³-hybridized carbons (Fsp3) is 0.333. The van der Waals surface area contributed by atoms with Gasteiger partial charge >= 0.3 is 0 Å². The summed E-state index contributed by atoms with van der Waals surface area (Å²) in [7, 11) is 0. The van der Waals surface area contributed by atoms with Gasteiger partial charge in [0.2, 0.25) is 5.91 Å². The molecule has 24 heavy (non-hydrogen) atoms. The van der Waals surface area contributed by atoms with E-state index in [4.69, 9.17) is 0 Å². The molecule has 0 saturated carbocycles. The number of hydrogen-bond acceptors (Lipinski definition) is 4. The first kappa shape index (κ1) is 16.1. The van der Waals surface area contributed by atoms with Gasteiger partial charge in [-0.3, -0.25) is 14.6 Å². The van der Waals surface area contributed by atoms with Crippen LogP contribution < -0.4 is 5.32 Å². The molecule has 3 rings (SSSR count). The average Bonchev–Trinajstić information content (AvgIpc) is 2.98. The van der Waals surface area contributed by atoms with Crippen LogP contribution in [0.4, 0.5) is 0 Å². The third-order valence-corrected chi connectivity index (χ3v) is 4.28. The monoisotopic (exact) mass is 324 g/mol. The molecule has 1 fully saturated rings. The molecule has 1 N–H and O–H groups in total. The van der Waals surface area contributed by atoms with Crippen molar-refractivity contribution in [3.8, 4) is 0 Å². The molecule has 0 aliphatic carbocycles. The van der Waals surface area contributed by atoms with Crippen LogP contribution in [0, 0.1) is 6.92 Å². The lowest BCUT2D eigenvalue weighted by molar-refractivity contribution is -0.119. The number of likely N-dealkylation sites (tertiary alicyclic amines) is 1. The molecule has 2 heterocycles. The van der Waals surface area contributed by atoms with Crippen molar-refractivity contribution in [3.63, 3.8) is 0 Å². The van der Waals surface area contributed by atoms with Gasteiger partial charge in [-0.2, -0.15) is 0 Å². The first-order chi connectivity index (χ1) is 11.5. The molecule has 124 valence electrons. The maximum atomic E-state index is 12.6. The highest BCUT2D eigenvalue weighted by atomic mass is 16.2. The summed E-state index contributed by atoms with van der Waals surface area (Å²) in [5.41, 5.74) is 2.62. The second-order valence-electron chi connectivity index (χ2n) is 6.12. The van der Waals surface area contributed by atoms with Gasteiger partial charge in [0.15, 0.2) is 0 Å². The molecule has 0 unspecified atom stereocenters. The van der Waals surface area contributed by atoms with Gasteiger partial charge in [-0.1, -0.05) is 29.8 Å². The fourth-order valence-electron chi connectivity index (χ4n) is 3.10. The Morgan fingerprint density at radius 3 is 2.54 bits per heavy atom. The van der Waals surface area contributed by atoms with Gasteiger partial charge in [0.25, 0.3) is 5.91 Å². The summed E-state index contributed by atoms with van der Waals surface area (Å²) >= 11 is 0. The van der Waals surface area contributed by atoms with Crippen LogP contribution in [0.3, 0.4) is 0 Å². The summed E-state index contributed by atoms with van der Waals surface area (Å²) in [4.78, 5) is 33.9. The van der Waals surface area contributed by atoms with Crippen molar-refractivity contribution >= 4 is 11.8 Å². The Morgan fingerprint density at radius 2 is 1.92 bits per heavy atom. The summed E-state index contributed by atoms with van der Waals surface area (Å²) in [6.07, 6.45) is 4.51. The van der Waals surface area contributed by atoms with Gasteiger partial charge in [0, 0.05) is 38.3 Å². The number of nitrogens with zero attached hydrogens (tertiary/aromatic N) is 3. The number of benzene rings is 1. The summed E-state index contributed by atoms with van der Waals surface area (Å²) in [6, 6.07) is 8.11. The Balaban J connectivity index is 1.83. The summed E-state index contributed by atoms with van der Waals surface area (Å²) in [6.45, 7) is 4.55. The number of aryl methyl sites for hydroxylation is 1. The van der Waals surface area contributed by atoms with E-state index in [2.05, 4.69) is 27.4 Å². The van der Waals surface area contributed by atoms with Crippen LogP contribution in [-0.4, -0.2) is 45.8 Å². The van der Waals surface area contributed by atoms with E-state index in [1.807, 2.05) is 19.1 Å². The zero-order chi connectivity index (χ0) is 17.1. The van der Waals surface area contributed by atoms with E-state index in [1.165, 1.54) is 31.1 Å². The molecule has 6 heteroatoms. The molecule has 0 spiro atoms. The first-order valence-electron chi connectivity index (χ1n) is 7.93. The van der Waals surface area contributed by atoms with Gasteiger partial charge in [-0.05, 0) is 12.5 Å². The van der Waals surface area contributed by atoms with E-state index < -0.39 is 0 Å². The zero-order valence-corrected chi connectivity index (χ0v) is 13.8. The van der Waals surface area contributed by atoms with E-state index in [0.29, 0.717) is 18.8 Å². The van der Waals surface area contributed by atoms with Crippen molar-refractivity contribution in [2.24, 2.45) is 0 Å². The van der Waals surface area contributed by atoms with Gasteiger partial charge in [-0.15, -0.1) is 0 Å². The van der Waals surface area contributed by atoms with Crippen LogP contribution in [0.2, 0.25) is 0 Å². The van der Waals surface area contributed by atoms with Crippen LogP contribution in [0.5, 0.6) is 0 Å². The zero-order valence-electron chi connectivity index (χ0n) is 13.8. The van der Waals surface area contributed by atoms with E-state index in [-0.39, 0.29) is 23.8 Å². The minimum atomic E-state index is -0.159. The lowest BCUT2D eigenvalue weighted by Crippen LogP contribution is -2.39. The van der Waals surface area contributed by atoms with Crippen molar-refractivity contribution in [1.29, 1.82) is 0 Å². The van der Waals surface area contributed by atoms with E-state index in [0.717, 1.165) is 5.56 Å². The Bertz CT molecular complexity index is 730. The molecule has 1 aliphatic rings. The molecule has 6 nitrogen and oxygen atoms in total. The number of carbonyl (C=O) groups excluding carboxylic acids is 2. The van der Waals surface area contributed by atoms with Crippen molar-refractivity contribution in [3.05, 3.63) is 59.7 Å². The molecule has 2 amide bonds. The standard InChI is InChI=1S/C18H20N4O2/c1-12-3-5-14(6-4-12)15-10-22(11-17(15)21-13(2)23)18(24)16-9-19-7-8-20-16/h3-9,15,17H,10-11H2,1-2H3,(H,21,23)/t15-,17+/m0/s1. The lowest BCUT2D eigenvalue weighted by Gasteiger charge is -2.19. The van der Waals surface area contributed by atoms with Crippen molar-refractivity contribution < 1.29 is 9.59 Å². The van der Waals surface area contributed by atoms with Gasteiger partial charge in [0.1, 0.15) is 5.69 Å². The fourth-order valence-corrected chi connectivity index (χ4v) is 3.10. The summed E-state index contributed by atoms with van der Waals surface area (Å²) in [5.74, 6) is -0.186. The SMILES string of the molecule is CC(=O)N[C@@H]1CN(C(=O)c2cnccn2)C[C@H]1c1ccc(C)cc1. The van der Waals surface area contributed by atoms with E-state index in [1.54, 1.807) is 4.90 Å². The second kappa shape index (κ2) is 6.78. The van der Waals surface area contributed by atoms with Crippen molar-refractivity contribution in [2.75, 3.05) is 13.1 Å². The van der Waals surface area contributed by atoms with E-state index >= 15 is 0 Å². The van der Waals surface area contributed by atoms with Crippen LogP contribution in [0.1, 0.15) is 34.5 Å². The molecule has 0 radical (unpaired) electrons. The number of rotatable bonds is 3. The molecule has 0 bridgehead atoms. The second-order valence-corrected chi connectivity index (χ2v) is 6.12. The third kappa shape index (κ3) is 3.42. The molecule has 2 aromatic rings. The highest BCUT2D eigenvalue weighted by Crippen LogP contribution is 2.28. The quantitative estimate of drug-likeness (QED) is 0.929. The smallest absolute Gasteiger partial charge is 0.274 e. The Kier molecular flexibility index (Phi) is 4.55. The third-order valence-electron chi connectivity index (χ3n) is 4.28. The van der Waals surface area contributed by atoms with Crippen LogP contribution in [0.15, 0.2) is 42.9 Å². The Morgan fingerprint density at radius 1 is 1.17 bits per heavy atom. The highest BCUT2D eigenvalue weighted by Gasteiger charge is 2.37. The minimum Gasteiger partial charge on any atom is -0.351 e. The normalized spacial score (nSPS) is 20.0. The number of amides is 2. The van der Waals surface area contributed by atoms with Crippen LogP contribution >= 0.6 is 0 Å². The topological polar surface area (TPSA) is 75.2 Å². The Labute approximate surface area is 140 Å². The van der Waals surface area contributed by atoms with Gasteiger partial charge in [0.05, 0.1) is 12.2 Å². The molecular formula is C18H20N4O2. The van der Waals surface area contributed by atoms with Gasteiger partial charge < -0.3 is 10.2 Å². The number of nitrogens with one attached hydrogen (secondary N) is 1. The maximum absolute atomic E-state index is 12.6. The lowest BCUT2D eigenvalue weighted by atomic mass is 9.93. The molecule has 1 aliphatic heterocycles. The number of carbonyl (C=O) groups is 2. The van der Waals surface area contributed by atoms with Crippen molar-refractivity contribution in [2.45, 2.75) is 25.8 Å². The van der Waals surface area contributed by atoms with E-state index in [9.17, 15) is 9.59 Å². The molecule has 1 saturated heterocycles. The number of aromatic nitrogens is 2. The van der Waals surface area contributed by atoms with Crippen LogP contribution in [0.25, 0.3) is 0 Å². The predicted molar refractivity (Wildman–Crippen MR) is 89.5 cm³/mol. The maximum Gasteiger partial charge on any atom is 0.274 e. The Hall–Kier alpha value is -2.76. The summed E-state index contributed by atoms with van der Waals surface area (Å²) < 4.78 is 0. The van der Waals surface area contributed by atoms with Gasteiger partial charge in [-0.25, -0.2) is 4.98 Å². The van der Waals surface area contributed by atoms with Crippen LogP contribution in [-0.2, 0) is 4.79 Å². The van der Waals surface area contributed by atoms with Crippen molar-refractivity contribution in [1.82, 2.24) is 20.2 Å². The largest absolute Gasteiger partial charge is 0.351 e. The number of hydrogen-bond donors (Lipinski definition) is 1. The summed E-state index contributed by atoms with van der Waals surface area (Å²) in [5, 5.41) is 2.97. The molecule has 1 aromatic carbocycles. The molecular weight excluding hydrogens is 304 g/mol. The predicted octanol–water partition coefficient (Wildman–Crippen LogP) is 1.53. The molecule has 2 atom stereocenters.